The summed E-state index contributed by atoms with van der Waals surface area (Å²) in [6.07, 6.45) is 3.80. The van der Waals surface area contributed by atoms with E-state index in [-0.39, 0.29) is 6.10 Å². The summed E-state index contributed by atoms with van der Waals surface area (Å²) in [4.78, 5) is 0. The molecule has 1 aromatic heterocycles. The molecule has 1 saturated heterocycles. The van der Waals surface area contributed by atoms with Crippen LogP contribution in [0.15, 0.2) is 4.60 Å². The number of hydrogen-bond donors (Lipinski definition) is 0. The van der Waals surface area contributed by atoms with Crippen molar-refractivity contribution in [3.8, 4) is 0 Å². The summed E-state index contributed by atoms with van der Waals surface area (Å²) in [7, 11) is 1.90. The predicted molar refractivity (Wildman–Crippen MR) is 64.0 cm³/mol. The highest BCUT2D eigenvalue weighted by Gasteiger charge is 2.27. The maximum absolute atomic E-state index is 5.96. The Labute approximate surface area is 106 Å². The van der Waals surface area contributed by atoms with Crippen LogP contribution in [0.25, 0.3) is 0 Å². The van der Waals surface area contributed by atoms with E-state index in [0.29, 0.717) is 6.10 Å². The van der Waals surface area contributed by atoms with Gasteiger partial charge in [0, 0.05) is 12.4 Å². The number of aryl methyl sites for hydroxylation is 1. The zero-order chi connectivity index (χ0) is 10.8. The molecule has 15 heavy (non-hydrogen) atoms. The van der Waals surface area contributed by atoms with E-state index in [4.69, 9.17) is 4.74 Å². The number of nitrogens with zero attached hydrogens (tertiary/aromatic N) is 3. The van der Waals surface area contributed by atoms with Gasteiger partial charge in [0.05, 0.1) is 6.10 Å². The lowest BCUT2D eigenvalue weighted by molar-refractivity contribution is -0.0425. The molecular weight excluding hydrogens is 326 g/mol. The van der Waals surface area contributed by atoms with Crippen LogP contribution in [0.2, 0.25) is 0 Å². The summed E-state index contributed by atoms with van der Waals surface area (Å²) in [6.45, 7) is 0. The van der Waals surface area contributed by atoms with E-state index < -0.39 is 0 Å². The smallest absolute Gasteiger partial charge is 0.154 e. The lowest BCUT2D eigenvalue weighted by atomic mass is 10.0. The van der Waals surface area contributed by atoms with Crippen LogP contribution < -0.4 is 0 Å². The summed E-state index contributed by atoms with van der Waals surface area (Å²) >= 11 is 6.87. The number of rotatable bonds is 2. The second kappa shape index (κ2) is 4.93. The number of alkyl halides is 1. The van der Waals surface area contributed by atoms with Gasteiger partial charge in [-0.05, 0) is 35.2 Å². The first kappa shape index (κ1) is 11.5. The molecule has 0 spiro atoms. The van der Waals surface area contributed by atoms with E-state index in [1.54, 1.807) is 4.68 Å². The topological polar surface area (TPSA) is 39.9 Å². The minimum absolute atomic E-state index is 0.121. The highest BCUT2D eigenvalue weighted by Crippen LogP contribution is 2.34. The lowest BCUT2D eigenvalue weighted by Crippen LogP contribution is -2.25. The van der Waals surface area contributed by atoms with Crippen molar-refractivity contribution in [1.82, 2.24) is 15.0 Å². The Bertz CT molecular complexity index is 323. The van der Waals surface area contributed by atoms with Crippen molar-refractivity contribution in [3.63, 3.8) is 0 Å². The van der Waals surface area contributed by atoms with Crippen LogP contribution in [0.4, 0.5) is 0 Å². The molecule has 2 unspecified atom stereocenters. The minimum Gasteiger partial charge on any atom is -0.368 e. The molecule has 1 aromatic rings. The second-order valence-corrected chi connectivity index (χ2v) is 5.12. The van der Waals surface area contributed by atoms with Gasteiger partial charge in [-0.2, -0.15) is 0 Å². The van der Waals surface area contributed by atoms with Crippen LogP contribution in [-0.4, -0.2) is 26.4 Å². The molecule has 0 N–H and O–H groups in total. The molecule has 84 valence electrons. The molecule has 0 bridgehead atoms. The average molecular weight is 339 g/mol. The fourth-order valence-electron chi connectivity index (χ4n) is 1.89. The van der Waals surface area contributed by atoms with E-state index in [1.165, 1.54) is 6.42 Å². The van der Waals surface area contributed by atoms with Gasteiger partial charge in [-0.15, -0.1) is 5.10 Å². The van der Waals surface area contributed by atoms with Gasteiger partial charge < -0.3 is 4.74 Å². The third-order valence-electron chi connectivity index (χ3n) is 2.65. The average Bonchev–Trinajstić information content (AvgIpc) is 2.59. The molecule has 2 atom stereocenters. The van der Waals surface area contributed by atoms with Crippen molar-refractivity contribution in [2.75, 3.05) is 5.33 Å². The molecule has 6 heteroatoms. The number of ether oxygens (including phenoxy) is 1. The molecule has 0 saturated carbocycles. The van der Waals surface area contributed by atoms with Crippen LogP contribution >= 0.6 is 31.9 Å². The van der Waals surface area contributed by atoms with Gasteiger partial charge in [0.2, 0.25) is 0 Å². The van der Waals surface area contributed by atoms with Crippen LogP contribution in [0.5, 0.6) is 0 Å². The minimum atomic E-state index is 0.121. The zero-order valence-corrected chi connectivity index (χ0v) is 11.7. The number of hydrogen-bond acceptors (Lipinski definition) is 3. The monoisotopic (exact) mass is 337 g/mol. The predicted octanol–water partition coefficient (Wildman–Crippen LogP) is 2.58. The van der Waals surface area contributed by atoms with Crippen molar-refractivity contribution in [3.05, 3.63) is 10.3 Å². The highest BCUT2D eigenvalue weighted by atomic mass is 79.9. The summed E-state index contributed by atoms with van der Waals surface area (Å²) in [6, 6.07) is 0. The zero-order valence-electron chi connectivity index (χ0n) is 8.49. The summed E-state index contributed by atoms with van der Waals surface area (Å²) in [5, 5.41) is 8.85. The van der Waals surface area contributed by atoms with Gasteiger partial charge in [-0.25, -0.2) is 4.68 Å². The molecule has 1 aliphatic rings. The second-order valence-electron chi connectivity index (χ2n) is 3.72. The standard InChI is InChI=1S/C9H13Br2N3O/c1-14-8(9(11)12-13-14)7-4-2-3-6(5-10)15-7/h6-7H,2-5H2,1H3. The van der Waals surface area contributed by atoms with E-state index in [0.717, 1.165) is 28.5 Å². The molecule has 0 amide bonds. The van der Waals surface area contributed by atoms with Crippen LogP contribution in [0.1, 0.15) is 31.1 Å². The largest absolute Gasteiger partial charge is 0.368 e. The van der Waals surface area contributed by atoms with E-state index in [9.17, 15) is 0 Å². The number of aromatic nitrogens is 3. The van der Waals surface area contributed by atoms with Crippen LogP contribution in [0, 0.1) is 0 Å². The fraction of sp³-hybridized carbons (Fsp3) is 0.778. The third kappa shape index (κ3) is 2.42. The molecule has 2 heterocycles. The van der Waals surface area contributed by atoms with Gasteiger partial charge in [0.15, 0.2) is 4.60 Å². The maximum Gasteiger partial charge on any atom is 0.154 e. The normalized spacial score (nSPS) is 26.9. The Morgan fingerprint density at radius 2 is 2.33 bits per heavy atom. The highest BCUT2D eigenvalue weighted by molar-refractivity contribution is 9.10. The Morgan fingerprint density at radius 3 is 2.93 bits per heavy atom. The maximum atomic E-state index is 5.96. The van der Waals surface area contributed by atoms with Crippen molar-refractivity contribution in [2.24, 2.45) is 7.05 Å². The molecule has 2 rings (SSSR count). The van der Waals surface area contributed by atoms with Crippen LogP contribution in [0.3, 0.4) is 0 Å². The SMILES string of the molecule is Cn1nnc(Br)c1C1CCCC(CBr)O1. The lowest BCUT2D eigenvalue weighted by Gasteiger charge is -2.28. The quantitative estimate of drug-likeness (QED) is 0.778. The van der Waals surface area contributed by atoms with Gasteiger partial charge in [-0.3, -0.25) is 0 Å². The van der Waals surface area contributed by atoms with Gasteiger partial charge >= 0.3 is 0 Å². The first-order valence-electron chi connectivity index (χ1n) is 4.99. The number of halogens is 2. The molecular formula is C9H13Br2N3O. The Kier molecular flexibility index (Phi) is 3.79. The molecule has 0 radical (unpaired) electrons. The van der Waals surface area contributed by atoms with Gasteiger partial charge in [0.1, 0.15) is 11.8 Å². The molecule has 1 fully saturated rings. The van der Waals surface area contributed by atoms with Crippen molar-refractivity contribution < 1.29 is 4.74 Å². The van der Waals surface area contributed by atoms with E-state index in [1.807, 2.05) is 7.05 Å². The molecule has 4 nitrogen and oxygen atoms in total. The van der Waals surface area contributed by atoms with E-state index in [2.05, 4.69) is 42.2 Å². The summed E-state index contributed by atoms with van der Waals surface area (Å²) in [5.41, 5.74) is 1.04. The first-order valence-corrected chi connectivity index (χ1v) is 6.90. The fourth-order valence-corrected chi connectivity index (χ4v) is 2.95. The van der Waals surface area contributed by atoms with Gasteiger partial charge in [0.25, 0.3) is 0 Å². The molecule has 0 aromatic carbocycles. The van der Waals surface area contributed by atoms with Crippen molar-refractivity contribution in [2.45, 2.75) is 31.5 Å². The Balaban J connectivity index is 2.16. The Morgan fingerprint density at radius 1 is 1.53 bits per heavy atom. The van der Waals surface area contributed by atoms with E-state index >= 15 is 0 Å². The van der Waals surface area contributed by atoms with Crippen molar-refractivity contribution in [1.29, 1.82) is 0 Å². The molecule has 0 aliphatic carbocycles. The Hall–Kier alpha value is 0.0600. The molecule has 1 aliphatic heterocycles. The van der Waals surface area contributed by atoms with Crippen LogP contribution in [-0.2, 0) is 11.8 Å². The van der Waals surface area contributed by atoms with Crippen molar-refractivity contribution >= 4 is 31.9 Å². The first-order chi connectivity index (χ1) is 7.22. The third-order valence-corrected chi connectivity index (χ3v) is 3.94. The summed E-state index contributed by atoms with van der Waals surface area (Å²) in [5.74, 6) is 0. The van der Waals surface area contributed by atoms with Gasteiger partial charge in [-0.1, -0.05) is 21.1 Å². The summed E-state index contributed by atoms with van der Waals surface area (Å²) < 4.78 is 8.54.